The van der Waals surface area contributed by atoms with Crippen molar-refractivity contribution in [3.8, 4) is 5.75 Å². The van der Waals surface area contributed by atoms with Gasteiger partial charge in [0.1, 0.15) is 5.75 Å². The number of nitrogens with one attached hydrogen (secondary N) is 3. The van der Waals surface area contributed by atoms with E-state index in [0.717, 1.165) is 12.2 Å². The lowest BCUT2D eigenvalue weighted by atomic mass is 10.1. The monoisotopic (exact) mass is 369 g/mol. The molecule has 0 fully saturated rings. The Hall–Kier alpha value is -3.02. The van der Waals surface area contributed by atoms with E-state index in [9.17, 15) is 9.59 Å². The van der Waals surface area contributed by atoms with E-state index in [1.54, 1.807) is 25.2 Å². The second kappa shape index (κ2) is 10.2. The van der Waals surface area contributed by atoms with Gasteiger partial charge in [0.25, 0.3) is 5.91 Å². The third-order valence-corrected chi connectivity index (χ3v) is 3.89. The van der Waals surface area contributed by atoms with Crippen molar-refractivity contribution in [2.24, 2.45) is 5.92 Å². The molecule has 0 aliphatic carbocycles. The summed E-state index contributed by atoms with van der Waals surface area (Å²) in [5.74, 6) is 0.970. The Labute approximate surface area is 160 Å². The van der Waals surface area contributed by atoms with Crippen molar-refractivity contribution >= 4 is 23.2 Å². The Bertz CT molecular complexity index is 775. The number of rotatable bonds is 9. The Kier molecular flexibility index (Phi) is 7.67. The first kappa shape index (κ1) is 20.3. The molecule has 0 atom stereocenters. The molecule has 0 saturated carbocycles. The first-order valence-electron chi connectivity index (χ1n) is 9.06. The van der Waals surface area contributed by atoms with Crippen molar-refractivity contribution < 1.29 is 14.3 Å². The van der Waals surface area contributed by atoms with Crippen LogP contribution in [-0.4, -0.2) is 32.0 Å². The molecule has 0 unspecified atom stereocenters. The van der Waals surface area contributed by atoms with Crippen LogP contribution in [0.3, 0.4) is 0 Å². The molecule has 0 saturated heterocycles. The van der Waals surface area contributed by atoms with Crippen LogP contribution in [0.25, 0.3) is 0 Å². The lowest BCUT2D eigenvalue weighted by Crippen LogP contribution is -2.22. The highest BCUT2D eigenvalue weighted by Gasteiger charge is 2.06. The molecule has 3 N–H and O–H groups in total. The molecule has 27 heavy (non-hydrogen) atoms. The van der Waals surface area contributed by atoms with Crippen LogP contribution in [0.15, 0.2) is 48.5 Å². The Balaban J connectivity index is 1.86. The van der Waals surface area contributed by atoms with Gasteiger partial charge >= 0.3 is 0 Å². The van der Waals surface area contributed by atoms with Crippen LogP contribution in [0.1, 0.15) is 30.6 Å². The SMILES string of the molecule is CNC(=O)c1cccc(NCC(=O)Nc2cccc(OCCC(C)C)c2)c1. The quantitative estimate of drug-likeness (QED) is 0.632. The molecule has 2 aromatic carbocycles. The third kappa shape index (κ3) is 7.01. The number of hydrogen-bond donors (Lipinski definition) is 3. The van der Waals surface area contributed by atoms with Crippen LogP contribution in [0.2, 0.25) is 0 Å². The highest BCUT2D eigenvalue weighted by molar-refractivity contribution is 5.96. The zero-order valence-corrected chi connectivity index (χ0v) is 16.0. The smallest absolute Gasteiger partial charge is 0.251 e. The van der Waals surface area contributed by atoms with Gasteiger partial charge in [-0.3, -0.25) is 9.59 Å². The van der Waals surface area contributed by atoms with Crippen LogP contribution in [0.4, 0.5) is 11.4 Å². The van der Waals surface area contributed by atoms with Crippen molar-refractivity contribution in [2.45, 2.75) is 20.3 Å². The molecular formula is C21H27N3O3. The van der Waals surface area contributed by atoms with Gasteiger partial charge in [-0.25, -0.2) is 0 Å². The molecule has 0 radical (unpaired) electrons. The second-order valence-electron chi connectivity index (χ2n) is 6.62. The summed E-state index contributed by atoms with van der Waals surface area (Å²) in [4.78, 5) is 23.8. The van der Waals surface area contributed by atoms with E-state index in [0.29, 0.717) is 29.5 Å². The standard InChI is InChI=1S/C21H27N3O3/c1-15(2)10-11-27-19-9-5-8-18(13-19)24-20(25)14-23-17-7-4-6-16(12-17)21(26)22-3/h4-9,12-13,15,23H,10-11,14H2,1-3H3,(H,22,26)(H,24,25). The molecule has 2 aromatic rings. The average molecular weight is 369 g/mol. The lowest BCUT2D eigenvalue weighted by Gasteiger charge is -2.11. The number of benzene rings is 2. The summed E-state index contributed by atoms with van der Waals surface area (Å²) in [6.07, 6.45) is 0.982. The predicted octanol–water partition coefficient (Wildman–Crippen LogP) is 3.52. The maximum Gasteiger partial charge on any atom is 0.251 e. The van der Waals surface area contributed by atoms with Crippen LogP contribution in [0, 0.1) is 5.92 Å². The van der Waals surface area contributed by atoms with Gasteiger partial charge in [-0.05, 0) is 42.7 Å². The number of amides is 2. The van der Waals surface area contributed by atoms with Crippen molar-refractivity contribution in [3.05, 3.63) is 54.1 Å². The van der Waals surface area contributed by atoms with Crippen LogP contribution >= 0.6 is 0 Å². The molecule has 2 rings (SSSR count). The number of ether oxygens (including phenoxy) is 1. The molecule has 2 amide bonds. The topological polar surface area (TPSA) is 79.5 Å². The van der Waals surface area contributed by atoms with Crippen molar-refractivity contribution in [3.63, 3.8) is 0 Å². The molecule has 0 aromatic heterocycles. The van der Waals surface area contributed by atoms with Crippen molar-refractivity contribution in [2.75, 3.05) is 30.8 Å². The molecule has 0 bridgehead atoms. The molecule has 144 valence electrons. The van der Waals surface area contributed by atoms with E-state index in [-0.39, 0.29) is 18.4 Å². The Morgan fingerprint density at radius 2 is 1.78 bits per heavy atom. The maximum absolute atomic E-state index is 12.2. The van der Waals surface area contributed by atoms with E-state index in [1.165, 1.54) is 0 Å². The van der Waals surface area contributed by atoms with Gasteiger partial charge in [-0.1, -0.05) is 26.0 Å². The summed E-state index contributed by atoms with van der Waals surface area (Å²) in [5.41, 5.74) is 1.93. The van der Waals surface area contributed by atoms with Gasteiger partial charge in [-0.15, -0.1) is 0 Å². The molecule has 0 heterocycles. The Morgan fingerprint density at radius 1 is 1.04 bits per heavy atom. The highest BCUT2D eigenvalue weighted by atomic mass is 16.5. The van der Waals surface area contributed by atoms with E-state index >= 15 is 0 Å². The van der Waals surface area contributed by atoms with Gasteiger partial charge in [0, 0.05) is 30.1 Å². The maximum atomic E-state index is 12.2. The van der Waals surface area contributed by atoms with E-state index in [4.69, 9.17) is 4.74 Å². The zero-order chi connectivity index (χ0) is 19.6. The second-order valence-corrected chi connectivity index (χ2v) is 6.62. The van der Waals surface area contributed by atoms with Gasteiger partial charge in [0.2, 0.25) is 5.91 Å². The van der Waals surface area contributed by atoms with Crippen LogP contribution in [0.5, 0.6) is 5.75 Å². The summed E-state index contributed by atoms with van der Waals surface area (Å²) in [7, 11) is 1.58. The van der Waals surface area contributed by atoms with Gasteiger partial charge < -0.3 is 20.7 Å². The van der Waals surface area contributed by atoms with Crippen molar-refractivity contribution in [1.82, 2.24) is 5.32 Å². The number of anilines is 2. The summed E-state index contributed by atoms with van der Waals surface area (Å²) >= 11 is 0. The minimum atomic E-state index is -0.181. The third-order valence-electron chi connectivity index (χ3n) is 3.89. The molecular weight excluding hydrogens is 342 g/mol. The normalized spacial score (nSPS) is 10.4. The summed E-state index contributed by atoms with van der Waals surface area (Å²) in [5, 5.41) is 8.44. The number of hydrogen-bond acceptors (Lipinski definition) is 4. The zero-order valence-electron chi connectivity index (χ0n) is 16.0. The first-order chi connectivity index (χ1) is 13.0. The largest absolute Gasteiger partial charge is 0.494 e. The molecule has 6 heteroatoms. The average Bonchev–Trinajstić information content (AvgIpc) is 2.66. The van der Waals surface area contributed by atoms with Crippen LogP contribution < -0.4 is 20.7 Å². The summed E-state index contributed by atoms with van der Waals surface area (Å²) in [6, 6.07) is 14.3. The van der Waals surface area contributed by atoms with Crippen LogP contribution in [-0.2, 0) is 4.79 Å². The van der Waals surface area contributed by atoms with E-state index in [1.807, 2.05) is 30.3 Å². The fourth-order valence-corrected chi connectivity index (χ4v) is 2.38. The lowest BCUT2D eigenvalue weighted by molar-refractivity contribution is -0.114. The minimum Gasteiger partial charge on any atom is -0.494 e. The number of carbonyl (C=O) groups excluding carboxylic acids is 2. The Morgan fingerprint density at radius 3 is 2.52 bits per heavy atom. The summed E-state index contributed by atoms with van der Waals surface area (Å²) < 4.78 is 5.71. The fraction of sp³-hybridized carbons (Fsp3) is 0.333. The van der Waals surface area contributed by atoms with Crippen molar-refractivity contribution in [1.29, 1.82) is 0 Å². The molecule has 0 aliphatic heterocycles. The van der Waals surface area contributed by atoms with Gasteiger partial charge in [-0.2, -0.15) is 0 Å². The predicted molar refractivity (Wildman–Crippen MR) is 108 cm³/mol. The molecule has 6 nitrogen and oxygen atoms in total. The minimum absolute atomic E-state index is 0.0929. The van der Waals surface area contributed by atoms with E-state index < -0.39 is 0 Å². The highest BCUT2D eigenvalue weighted by Crippen LogP contribution is 2.18. The van der Waals surface area contributed by atoms with Gasteiger partial charge in [0.15, 0.2) is 0 Å². The number of carbonyl (C=O) groups is 2. The van der Waals surface area contributed by atoms with E-state index in [2.05, 4.69) is 29.8 Å². The summed E-state index contributed by atoms with van der Waals surface area (Å²) in [6.45, 7) is 5.04. The first-order valence-corrected chi connectivity index (χ1v) is 9.06. The molecule has 0 aliphatic rings. The fourth-order valence-electron chi connectivity index (χ4n) is 2.38. The molecule has 0 spiro atoms. The van der Waals surface area contributed by atoms with Gasteiger partial charge in [0.05, 0.1) is 13.2 Å².